The molecule has 7 nitrogen and oxygen atoms in total. The number of hydrogen-bond acceptors (Lipinski definition) is 5. The molecule has 1 aromatic heterocycles. The lowest BCUT2D eigenvalue weighted by atomic mass is 10.0. The number of carboxylic acid groups (broad SMARTS) is 1. The Morgan fingerprint density at radius 3 is 2.69 bits per heavy atom. The zero-order valence-electron chi connectivity index (χ0n) is 20.5. The third-order valence-corrected chi connectivity index (χ3v) is 7.58. The van der Waals surface area contributed by atoms with E-state index in [2.05, 4.69) is 42.3 Å². The molecule has 0 bridgehead atoms. The first-order valence-corrected chi connectivity index (χ1v) is 12.8. The summed E-state index contributed by atoms with van der Waals surface area (Å²) in [5.74, 6) is -0.0646. The van der Waals surface area contributed by atoms with Crippen molar-refractivity contribution in [3.05, 3.63) is 60.2 Å². The van der Waals surface area contributed by atoms with Crippen LogP contribution in [-0.2, 0) is 4.74 Å². The van der Waals surface area contributed by atoms with Crippen molar-refractivity contribution >= 4 is 27.6 Å². The lowest BCUT2D eigenvalue weighted by Gasteiger charge is -2.23. The van der Waals surface area contributed by atoms with E-state index in [-0.39, 0.29) is 11.8 Å². The molecule has 6 rings (SSSR count). The molecule has 0 radical (unpaired) electrons. The molecule has 2 aliphatic rings. The van der Waals surface area contributed by atoms with Gasteiger partial charge in [-0.25, -0.2) is 9.48 Å². The standard InChI is InChI=1S/C29H31N3O4/c1-31-13-4-5-23(31)18-36-24-11-9-19-15-21(8-7-20(19)16-24)28-25-17-22(29(33)34)10-12-26(25)32(30-28)27-6-2-3-14-35-27/h7-12,15-17,23,27H,2-6,13-14,18H2,1H3,(H,33,34)/t23?,27-/m0/s1. The largest absolute Gasteiger partial charge is 0.492 e. The van der Waals surface area contributed by atoms with E-state index >= 15 is 0 Å². The second-order valence-corrected chi connectivity index (χ2v) is 9.96. The number of fused-ring (bicyclic) bond motifs is 2. The fourth-order valence-corrected chi connectivity index (χ4v) is 5.47. The highest BCUT2D eigenvalue weighted by atomic mass is 16.5. The summed E-state index contributed by atoms with van der Waals surface area (Å²) in [7, 11) is 2.16. The molecule has 7 heteroatoms. The van der Waals surface area contributed by atoms with Gasteiger partial charge in [0.25, 0.3) is 0 Å². The van der Waals surface area contributed by atoms with Crippen molar-refractivity contribution < 1.29 is 19.4 Å². The van der Waals surface area contributed by atoms with Crippen LogP contribution in [0.2, 0.25) is 0 Å². The second kappa shape index (κ2) is 9.56. The van der Waals surface area contributed by atoms with Crippen LogP contribution < -0.4 is 4.74 Å². The van der Waals surface area contributed by atoms with Crippen LogP contribution in [0.3, 0.4) is 0 Å². The van der Waals surface area contributed by atoms with Gasteiger partial charge >= 0.3 is 5.97 Å². The first kappa shape index (κ1) is 23.0. The fourth-order valence-electron chi connectivity index (χ4n) is 5.47. The van der Waals surface area contributed by atoms with Crippen molar-refractivity contribution in [1.82, 2.24) is 14.7 Å². The minimum absolute atomic E-state index is 0.134. The molecule has 3 heterocycles. The van der Waals surface area contributed by atoms with Crippen LogP contribution in [0.15, 0.2) is 54.6 Å². The molecule has 0 saturated carbocycles. The Labute approximate surface area is 210 Å². The molecule has 1 N–H and O–H groups in total. The fraction of sp³-hybridized carbons (Fsp3) is 0.379. The van der Waals surface area contributed by atoms with Gasteiger partial charge in [0.05, 0.1) is 11.1 Å². The van der Waals surface area contributed by atoms with E-state index in [0.29, 0.717) is 19.3 Å². The first-order valence-electron chi connectivity index (χ1n) is 12.8. The predicted molar refractivity (Wildman–Crippen MR) is 140 cm³/mol. The van der Waals surface area contributed by atoms with Crippen LogP contribution in [0, 0.1) is 0 Å². The van der Waals surface area contributed by atoms with Crippen LogP contribution in [0.4, 0.5) is 0 Å². The molecule has 3 aromatic carbocycles. The molecule has 2 atom stereocenters. The predicted octanol–water partition coefficient (Wildman–Crippen LogP) is 5.73. The number of aromatic carboxylic acids is 1. The van der Waals surface area contributed by atoms with E-state index in [1.165, 1.54) is 12.8 Å². The van der Waals surface area contributed by atoms with Crippen molar-refractivity contribution in [2.45, 2.75) is 44.4 Å². The third kappa shape index (κ3) is 4.33. The number of likely N-dealkylation sites (N-methyl/N-ethyl adjacent to an activating group) is 1. The molecule has 186 valence electrons. The van der Waals surface area contributed by atoms with Gasteiger partial charge in [-0.1, -0.05) is 18.2 Å². The molecule has 1 unspecified atom stereocenters. The molecule has 2 aliphatic heterocycles. The summed E-state index contributed by atoms with van der Waals surface area (Å²) in [6.45, 7) is 2.56. The number of nitrogens with zero attached hydrogens (tertiary/aromatic N) is 3. The van der Waals surface area contributed by atoms with Crippen molar-refractivity contribution in [3.63, 3.8) is 0 Å². The number of likely N-dealkylation sites (tertiary alicyclic amines) is 1. The van der Waals surface area contributed by atoms with Gasteiger partial charge in [0.1, 0.15) is 18.1 Å². The Bertz CT molecular complexity index is 1420. The van der Waals surface area contributed by atoms with E-state index < -0.39 is 5.97 Å². The molecule has 2 saturated heterocycles. The van der Waals surface area contributed by atoms with Gasteiger partial charge in [-0.15, -0.1) is 0 Å². The molecular weight excluding hydrogens is 454 g/mol. The van der Waals surface area contributed by atoms with Crippen molar-refractivity contribution in [2.24, 2.45) is 0 Å². The Hall–Kier alpha value is -3.42. The molecule has 0 amide bonds. The highest BCUT2D eigenvalue weighted by Gasteiger charge is 2.23. The lowest BCUT2D eigenvalue weighted by molar-refractivity contribution is -0.0365. The van der Waals surface area contributed by atoms with E-state index in [1.54, 1.807) is 12.1 Å². The van der Waals surface area contributed by atoms with E-state index in [0.717, 1.165) is 64.5 Å². The monoisotopic (exact) mass is 485 g/mol. The Balaban J connectivity index is 1.35. The minimum atomic E-state index is -0.945. The van der Waals surface area contributed by atoms with Crippen LogP contribution in [0.5, 0.6) is 5.75 Å². The maximum Gasteiger partial charge on any atom is 0.335 e. The van der Waals surface area contributed by atoms with Gasteiger partial charge in [0, 0.05) is 23.6 Å². The Morgan fingerprint density at radius 1 is 1.06 bits per heavy atom. The number of hydrogen-bond donors (Lipinski definition) is 1. The first-order chi connectivity index (χ1) is 17.6. The maximum absolute atomic E-state index is 11.7. The number of benzene rings is 3. The third-order valence-electron chi connectivity index (χ3n) is 7.58. The summed E-state index contributed by atoms with van der Waals surface area (Å²) in [4.78, 5) is 14.1. The van der Waals surface area contributed by atoms with E-state index in [4.69, 9.17) is 14.6 Å². The van der Waals surface area contributed by atoms with Crippen LogP contribution in [0.1, 0.15) is 48.7 Å². The van der Waals surface area contributed by atoms with Crippen LogP contribution in [-0.4, -0.2) is 58.6 Å². The number of carbonyl (C=O) groups is 1. The number of carboxylic acids is 1. The average molecular weight is 486 g/mol. The zero-order chi connectivity index (χ0) is 24.6. The highest BCUT2D eigenvalue weighted by Crippen LogP contribution is 2.35. The zero-order valence-corrected chi connectivity index (χ0v) is 20.5. The molecule has 0 spiro atoms. The number of rotatable bonds is 6. The minimum Gasteiger partial charge on any atom is -0.492 e. The van der Waals surface area contributed by atoms with E-state index in [9.17, 15) is 9.90 Å². The summed E-state index contributed by atoms with van der Waals surface area (Å²) >= 11 is 0. The number of ether oxygens (including phenoxy) is 2. The Morgan fingerprint density at radius 2 is 1.92 bits per heavy atom. The normalized spacial score (nSPS) is 20.8. The van der Waals surface area contributed by atoms with Gasteiger partial charge in [-0.05, 0) is 92.9 Å². The molecule has 2 fully saturated rings. The smallest absolute Gasteiger partial charge is 0.335 e. The highest BCUT2D eigenvalue weighted by molar-refractivity contribution is 6.00. The topological polar surface area (TPSA) is 76.8 Å². The van der Waals surface area contributed by atoms with Gasteiger partial charge in [-0.3, -0.25) is 0 Å². The summed E-state index contributed by atoms with van der Waals surface area (Å²) in [5, 5.41) is 17.6. The summed E-state index contributed by atoms with van der Waals surface area (Å²) < 4.78 is 14.1. The van der Waals surface area contributed by atoms with Gasteiger partial charge in [0.2, 0.25) is 0 Å². The molecular formula is C29H31N3O4. The van der Waals surface area contributed by atoms with E-state index in [1.807, 2.05) is 16.8 Å². The number of aromatic nitrogens is 2. The van der Waals surface area contributed by atoms with Crippen LogP contribution >= 0.6 is 0 Å². The lowest BCUT2D eigenvalue weighted by Crippen LogP contribution is -2.30. The van der Waals surface area contributed by atoms with Gasteiger partial charge in [0.15, 0.2) is 6.23 Å². The summed E-state index contributed by atoms with van der Waals surface area (Å²) in [6.07, 6.45) is 5.32. The van der Waals surface area contributed by atoms with Crippen molar-refractivity contribution in [2.75, 3.05) is 26.8 Å². The molecule has 4 aromatic rings. The maximum atomic E-state index is 11.7. The summed E-state index contributed by atoms with van der Waals surface area (Å²) in [6, 6.07) is 18.1. The Kier molecular flexibility index (Phi) is 6.11. The summed E-state index contributed by atoms with van der Waals surface area (Å²) in [5.41, 5.74) is 2.87. The molecule has 0 aliphatic carbocycles. The second-order valence-electron chi connectivity index (χ2n) is 9.96. The van der Waals surface area contributed by atoms with Crippen molar-refractivity contribution in [1.29, 1.82) is 0 Å². The van der Waals surface area contributed by atoms with Crippen LogP contribution in [0.25, 0.3) is 32.9 Å². The van der Waals surface area contributed by atoms with Gasteiger partial charge < -0.3 is 19.5 Å². The average Bonchev–Trinajstić information content (AvgIpc) is 3.50. The van der Waals surface area contributed by atoms with Gasteiger partial charge in [-0.2, -0.15) is 5.10 Å². The molecule has 36 heavy (non-hydrogen) atoms. The quantitative estimate of drug-likeness (QED) is 0.376. The SMILES string of the molecule is CN1CCCC1COc1ccc2cc(-c3nn([C@@H]4CCCCO4)c4ccc(C(=O)O)cc34)ccc2c1. The van der Waals surface area contributed by atoms with Crippen molar-refractivity contribution in [3.8, 4) is 17.0 Å².